The van der Waals surface area contributed by atoms with Crippen LogP contribution in [0, 0.1) is 0 Å². The molecule has 1 unspecified atom stereocenters. The Kier molecular flexibility index (Phi) is 3.31. The second-order valence-electron chi connectivity index (χ2n) is 3.51. The normalized spacial score (nSPS) is 12.4. The van der Waals surface area contributed by atoms with Crippen LogP contribution in [-0.4, -0.2) is 4.98 Å². The fourth-order valence-electron chi connectivity index (χ4n) is 1.37. The molecule has 1 aromatic carbocycles. The molecule has 0 aliphatic heterocycles. The highest BCUT2D eigenvalue weighted by atomic mass is 35.5. The average Bonchev–Trinajstić information content (AvgIpc) is 2.65. The molecule has 2 aromatic rings. The summed E-state index contributed by atoms with van der Waals surface area (Å²) in [5.41, 5.74) is 7.57. The first-order chi connectivity index (χ1) is 7.65. The van der Waals surface area contributed by atoms with Crippen molar-refractivity contribution in [1.29, 1.82) is 0 Å². The second-order valence-corrected chi connectivity index (χ2v) is 4.75. The van der Waals surface area contributed by atoms with Crippen molar-refractivity contribution in [2.75, 3.05) is 11.1 Å². The third kappa shape index (κ3) is 2.65. The Labute approximate surface area is 103 Å². The minimum atomic E-state index is 0.183. The first-order valence-corrected chi connectivity index (χ1v) is 6.14. The number of rotatable bonds is 3. The zero-order valence-electron chi connectivity index (χ0n) is 8.77. The van der Waals surface area contributed by atoms with E-state index in [4.69, 9.17) is 17.3 Å². The first kappa shape index (κ1) is 11.2. The Morgan fingerprint density at radius 1 is 1.38 bits per heavy atom. The molecule has 0 bridgehead atoms. The van der Waals surface area contributed by atoms with Crippen molar-refractivity contribution in [3.63, 3.8) is 0 Å². The number of nitrogens with one attached hydrogen (secondary N) is 1. The summed E-state index contributed by atoms with van der Waals surface area (Å²) in [6, 6.07) is 7.97. The molecule has 1 aromatic heterocycles. The standard InChI is InChI=1S/C11H12ClN3S/c1-7(8-2-4-9(13)5-3-8)14-11-15-10(12)6-16-11/h2-7H,13H2,1H3,(H,14,15). The quantitative estimate of drug-likeness (QED) is 0.823. The molecule has 1 atom stereocenters. The Morgan fingerprint density at radius 3 is 2.62 bits per heavy atom. The second kappa shape index (κ2) is 4.72. The van der Waals surface area contributed by atoms with Gasteiger partial charge in [-0.05, 0) is 24.6 Å². The summed E-state index contributed by atoms with van der Waals surface area (Å²) in [4.78, 5) is 4.14. The van der Waals surface area contributed by atoms with E-state index >= 15 is 0 Å². The van der Waals surface area contributed by atoms with Crippen LogP contribution in [0.15, 0.2) is 29.6 Å². The van der Waals surface area contributed by atoms with Crippen LogP contribution < -0.4 is 11.1 Å². The van der Waals surface area contributed by atoms with Crippen molar-refractivity contribution in [3.05, 3.63) is 40.4 Å². The third-order valence-electron chi connectivity index (χ3n) is 2.25. The predicted molar refractivity (Wildman–Crippen MR) is 70.0 cm³/mol. The summed E-state index contributed by atoms with van der Waals surface area (Å²) in [5, 5.41) is 6.44. The molecule has 5 heteroatoms. The van der Waals surface area contributed by atoms with Gasteiger partial charge in [-0.15, -0.1) is 11.3 Å². The molecule has 0 aliphatic rings. The number of nitrogens with zero attached hydrogens (tertiary/aromatic N) is 1. The summed E-state index contributed by atoms with van der Waals surface area (Å²) < 4.78 is 0. The lowest BCUT2D eigenvalue weighted by Gasteiger charge is -2.13. The summed E-state index contributed by atoms with van der Waals surface area (Å²) in [5.74, 6) is 0. The van der Waals surface area contributed by atoms with E-state index in [2.05, 4.69) is 17.2 Å². The van der Waals surface area contributed by atoms with Crippen molar-refractivity contribution in [2.45, 2.75) is 13.0 Å². The van der Waals surface area contributed by atoms with Gasteiger partial charge in [0.15, 0.2) is 5.13 Å². The van der Waals surface area contributed by atoms with Crippen LogP contribution in [0.1, 0.15) is 18.5 Å². The van der Waals surface area contributed by atoms with Crippen LogP contribution in [-0.2, 0) is 0 Å². The van der Waals surface area contributed by atoms with Gasteiger partial charge >= 0.3 is 0 Å². The molecule has 0 saturated carbocycles. The largest absolute Gasteiger partial charge is 0.399 e. The number of hydrogen-bond acceptors (Lipinski definition) is 4. The number of anilines is 2. The predicted octanol–water partition coefficient (Wildman–Crippen LogP) is 3.55. The molecule has 2 rings (SSSR count). The third-order valence-corrected chi connectivity index (χ3v) is 3.35. The SMILES string of the molecule is CC(Nc1nc(Cl)cs1)c1ccc(N)cc1. The van der Waals surface area contributed by atoms with Crippen LogP contribution in [0.2, 0.25) is 5.15 Å². The Balaban J connectivity index is 2.08. The number of benzene rings is 1. The molecule has 1 heterocycles. The van der Waals surface area contributed by atoms with E-state index < -0.39 is 0 Å². The highest BCUT2D eigenvalue weighted by Crippen LogP contribution is 2.24. The van der Waals surface area contributed by atoms with Crippen LogP contribution >= 0.6 is 22.9 Å². The van der Waals surface area contributed by atoms with Crippen LogP contribution in [0.5, 0.6) is 0 Å². The van der Waals surface area contributed by atoms with Gasteiger partial charge in [-0.25, -0.2) is 4.98 Å². The molecule has 0 fully saturated rings. The molecule has 16 heavy (non-hydrogen) atoms. The van der Waals surface area contributed by atoms with Crippen LogP contribution in [0.4, 0.5) is 10.8 Å². The minimum Gasteiger partial charge on any atom is -0.399 e. The number of aromatic nitrogens is 1. The summed E-state index contributed by atoms with van der Waals surface area (Å²) >= 11 is 7.25. The van der Waals surface area contributed by atoms with Gasteiger partial charge in [0.2, 0.25) is 0 Å². The highest BCUT2D eigenvalue weighted by Gasteiger charge is 2.07. The molecule has 0 radical (unpaired) electrons. The maximum atomic E-state index is 5.75. The van der Waals surface area contributed by atoms with Gasteiger partial charge in [0.05, 0.1) is 6.04 Å². The fraction of sp³-hybridized carbons (Fsp3) is 0.182. The number of hydrogen-bond donors (Lipinski definition) is 2. The Bertz CT molecular complexity index is 466. The van der Waals surface area contributed by atoms with E-state index in [1.54, 1.807) is 5.38 Å². The minimum absolute atomic E-state index is 0.183. The maximum absolute atomic E-state index is 5.75. The smallest absolute Gasteiger partial charge is 0.184 e. The molecule has 0 saturated heterocycles. The van der Waals surface area contributed by atoms with Crippen LogP contribution in [0.3, 0.4) is 0 Å². The number of thiazole rings is 1. The zero-order chi connectivity index (χ0) is 11.5. The van der Waals surface area contributed by atoms with Gasteiger partial charge in [0, 0.05) is 11.1 Å². The topological polar surface area (TPSA) is 50.9 Å². The van der Waals surface area contributed by atoms with E-state index in [1.165, 1.54) is 16.9 Å². The molecule has 0 amide bonds. The Hall–Kier alpha value is -1.26. The number of nitrogen functional groups attached to an aromatic ring is 1. The molecule has 3 N–H and O–H groups in total. The first-order valence-electron chi connectivity index (χ1n) is 4.88. The lowest BCUT2D eigenvalue weighted by molar-refractivity contribution is 0.882. The summed E-state index contributed by atoms with van der Waals surface area (Å²) in [6.07, 6.45) is 0. The van der Waals surface area contributed by atoms with Crippen molar-refractivity contribution in [2.24, 2.45) is 0 Å². The highest BCUT2D eigenvalue weighted by molar-refractivity contribution is 7.14. The molecular formula is C11H12ClN3S. The van der Waals surface area contributed by atoms with E-state index in [0.717, 1.165) is 10.8 Å². The van der Waals surface area contributed by atoms with Crippen LogP contribution in [0.25, 0.3) is 0 Å². The molecule has 3 nitrogen and oxygen atoms in total. The van der Waals surface area contributed by atoms with E-state index in [-0.39, 0.29) is 6.04 Å². The van der Waals surface area contributed by atoms with Gasteiger partial charge in [-0.2, -0.15) is 0 Å². The number of halogens is 1. The van der Waals surface area contributed by atoms with E-state index in [1.807, 2.05) is 24.3 Å². The monoisotopic (exact) mass is 253 g/mol. The lowest BCUT2D eigenvalue weighted by atomic mass is 10.1. The van der Waals surface area contributed by atoms with Crippen molar-refractivity contribution in [3.8, 4) is 0 Å². The zero-order valence-corrected chi connectivity index (χ0v) is 10.3. The number of nitrogens with two attached hydrogens (primary N) is 1. The van der Waals surface area contributed by atoms with Crippen molar-refractivity contribution < 1.29 is 0 Å². The maximum Gasteiger partial charge on any atom is 0.184 e. The molecule has 0 spiro atoms. The lowest BCUT2D eigenvalue weighted by Crippen LogP contribution is -2.06. The average molecular weight is 254 g/mol. The van der Waals surface area contributed by atoms with Gasteiger partial charge in [0.25, 0.3) is 0 Å². The molecular weight excluding hydrogens is 242 g/mol. The molecule has 0 aliphatic carbocycles. The summed E-state index contributed by atoms with van der Waals surface area (Å²) in [6.45, 7) is 2.07. The van der Waals surface area contributed by atoms with Crippen molar-refractivity contribution in [1.82, 2.24) is 4.98 Å². The summed E-state index contributed by atoms with van der Waals surface area (Å²) in [7, 11) is 0. The van der Waals surface area contributed by atoms with Gasteiger partial charge in [-0.3, -0.25) is 0 Å². The van der Waals surface area contributed by atoms with Gasteiger partial charge < -0.3 is 11.1 Å². The van der Waals surface area contributed by atoms with E-state index in [0.29, 0.717) is 5.15 Å². The Morgan fingerprint density at radius 2 is 2.06 bits per heavy atom. The van der Waals surface area contributed by atoms with Gasteiger partial charge in [-0.1, -0.05) is 23.7 Å². The van der Waals surface area contributed by atoms with E-state index in [9.17, 15) is 0 Å². The fourth-order valence-corrected chi connectivity index (χ4v) is 2.30. The van der Waals surface area contributed by atoms with Crippen molar-refractivity contribution >= 4 is 33.8 Å². The molecule has 84 valence electrons. The van der Waals surface area contributed by atoms with Gasteiger partial charge in [0.1, 0.15) is 5.15 Å².